The minimum atomic E-state index is 0.0610. The molecule has 3 rings (SSSR count). The Kier molecular flexibility index (Phi) is 2.98. The Labute approximate surface area is 122 Å². The lowest BCUT2D eigenvalue weighted by atomic mass is 10.3. The van der Waals surface area contributed by atoms with Gasteiger partial charge in [0.2, 0.25) is 0 Å². The second-order valence-corrected chi connectivity index (χ2v) is 6.24. The van der Waals surface area contributed by atoms with Gasteiger partial charge in [-0.05, 0) is 41.6 Å². The van der Waals surface area contributed by atoms with Crippen LogP contribution < -0.4 is 5.73 Å². The van der Waals surface area contributed by atoms with Crippen LogP contribution in [-0.4, -0.2) is 14.8 Å². The molecule has 6 heteroatoms. The first-order valence-corrected chi connectivity index (χ1v) is 7.40. The molecule has 2 heterocycles. The Bertz CT molecular complexity index is 670. The molecule has 2 N–H and O–H groups in total. The molecule has 18 heavy (non-hydrogen) atoms. The molecular formula is C12H11IN4S. The van der Waals surface area contributed by atoms with Crippen molar-refractivity contribution in [3.8, 4) is 0 Å². The molecular weight excluding hydrogens is 359 g/mol. The van der Waals surface area contributed by atoms with Gasteiger partial charge in [-0.15, -0.1) is 11.3 Å². The molecule has 0 aliphatic carbocycles. The number of anilines is 1. The number of fused-ring (bicyclic) bond motifs is 1. The van der Waals surface area contributed by atoms with Gasteiger partial charge in [0.15, 0.2) is 0 Å². The molecule has 1 aromatic carbocycles. The third-order valence-corrected chi connectivity index (χ3v) is 4.86. The number of nitrogens with zero attached hydrogens (tertiary/aromatic N) is 3. The number of thiazole rings is 1. The molecule has 3 aromatic rings. The summed E-state index contributed by atoms with van der Waals surface area (Å²) in [5, 5.41) is 5.34. The number of hydrogen-bond acceptors (Lipinski definition) is 4. The van der Waals surface area contributed by atoms with E-state index in [4.69, 9.17) is 5.73 Å². The van der Waals surface area contributed by atoms with Crippen LogP contribution in [0.5, 0.6) is 0 Å². The van der Waals surface area contributed by atoms with Crippen molar-refractivity contribution >= 4 is 50.0 Å². The van der Waals surface area contributed by atoms with E-state index in [0.29, 0.717) is 5.82 Å². The summed E-state index contributed by atoms with van der Waals surface area (Å²) in [5.74, 6) is 0.697. The first-order chi connectivity index (χ1) is 8.66. The van der Waals surface area contributed by atoms with E-state index in [9.17, 15) is 0 Å². The maximum Gasteiger partial charge on any atom is 0.136 e. The largest absolute Gasteiger partial charge is 0.383 e. The number of para-hydroxylation sites is 1. The fourth-order valence-electron chi connectivity index (χ4n) is 1.83. The van der Waals surface area contributed by atoms with E-state index >= 15 is 0 Å². The van der Waals surface area contributed by atoms with Gasteiger partial charge in [0, 0.05) is 0 Å². The van der Waals surface area contributed by atoms with E-state index in [1.165, 1.54) is 4.70 Å². The van der Waals surface area contributed by atoms with Crippen LogP contribution in [0.3, 0.4) is 0 Å². The van der Waals surface area contributed by atoms with Gasteiger partial charge >= 0.3 is 0 Å². The molecule has 0 bridgehead atoms. The van der Waals surface area contributed by atoms with Crippen LogP contribution >= 0.6 is 33.9 Å². The number of halogens is 1. The van der Waals surface area contributed by atoms with Gasteiger partial charge in [-0.3, -0.25) is 0 Å². The zero-order valence-electron chi connectivity index (χ0n) is 9.67. The van der Waals surface area contributed by atoms with Gasteiger partial charge in [-0.2, -0.15) is 5.10 Å². The van der Waals surface area contributed by atoms with Crippen LogP contribution in [0.25, 0.3) is 10.2 Å². The van der Waals surface area contributed by atoms with Crippen LogP contribution in [0.2, 0.25) is 0 Å². The van der Waals surface area contributed by atoms with Gasteiger partial charge in [0.25, 0.3) is 0 Å². The van der Waals surface area contributed by atoms with Crippen LogP contribution in [-0.2, 0) is 0 Å². The maximum absolute atomic E-state index is 6.00. The van der Waals surface area contributed by atoms with Crippen molar-refractivity contribution in [3.05, 3.63) is 39.0 Å². The molecule has 1 unspecified atom stereocenters. The van der Waals surface area contributed by atoms with Crippen molar-refractivity contribution in [2.45, 2.75) is 13.0 Å². The molecule has 0 saturated heterocycles. The number of aromatic nitrogens is 3. The second-order valence-electron chi connectivity index (χ2n) is 4.02. The van der Waals surface area contributed by atoms with E-state index < -0.39 is 0 Å². The zero-order valence-corrected chi connectivity index (χ0v) is 12.6. The zero-order chi connectivity index (χ0) is 12.7. The summed E-state index contributed by atoms with van der Waals surface area (Å²) in [6, 6.07) is 8.20. The monoisotopic (exact) mass is 370 g/mol. The quantitative estimate of drug-likeness (QED) is 0.705. The van der Waals surface area contributed by atoms with Gasteiger partial charge in [0.1, 0.15) is 16.9 Å². The minimum Gasteiger partial charge on any atom is -0.383 e. The molecule has 0 spiro atoms. The van der Waals surface area contributed by atoms with E-state index in [-0.39, 0.29) is 6.04 Å². The lowest BCUT2D eigenvalue weighted by Gasteiger charge is -2.10. The summed E-state index contributed by atoms with van der Waals surface area (Å²) < 4.78 is 3.99. The number of nitrogens with two attached hydrogens (primary N) is 1. The first kappa shape index (κ1) is 11.9. The van der Waals surface area contributed by atoms with Crippen molar-refractivity contribution in [2.75, 3.05) is 5.73 Å². The van der Waals surface area contributed by atoms with Crippen molar-refractivity contribution in [1.82, 2.24) is 14.8 Å². The van der Waals surface area contributed by atoms with Crippen molar-refractivity contribution in [2.24, 2.45) is 0 Å². The molecule has 0 saturated carbocycles. The SMILES string of the molecule is CC(c1nc2ccccc2s1)n1ncc(I)c1N. The molecule has 0 aliphatic rings. The lowest BCUT2D eigenvalue weighted by molar-refractivity contribution is 0.571. The summed E-state index contributed by atoms with van der Waals surface area (Å²) in [6.07, 6.45) is 1.78. The summed E-state index contributed by atoms with van der Waals surface area (Å²) in [7, 11) is 0. The van der Waals surface area contributed by atoms with E-state index in [2.05, 4.69) is 45.7 Å². The smallest absolute Gasteiger partial charge is 0.136 e. The molecule has 92 valence electrons. The molecule has 1 atom stereocenters. The summed E-state index contributed by atoms with van der Waals surface area (Å²) in [4.78, 5) is 4.64. The molecule has 4 nitrogen and oxygen atoms in total. The first-order valence-electron chi connectivity index (χ1n) is 5.51. The molecule has 0 amide bonds. The Balaban J connectivity index is 2.06. The van der Waals surface area contributed by atoms with Gasteiger partial charge < -0.3 is 5.73 Å². The number of benzene rings is 1. The molecule has 0 fully saturated rings. The van der Waals surface area contributed by atoms with Crippen molar-refractivity contribution in [3.63, 3.8) is 0 Å². The average molecular weight is 370 g/mol. The predicted molar refractivity (Wildman–Crippen MR) is 82.8 cm³/mol. The molecule has 2 aromatic heterocycles. The Hall–Kier alpha value is -1.15. The second kappa shape index (κ2) is 4.51. The normalized spacial score (nSPS) is 13.0. The average Bonchev–Trinajstić information content (AvgIpc) is 2.94. The Morgan fingerprint density at radius 1 is 1.39 bits per heavy atom. The summed E-state index contributed by atoms with van der Waals surface area (Å²) in [5.41, 5.74) is 7.04. The third kappa shape index (κ3) is 1.89. The lowest BCUT2D eigenvalue weighted by Crippen LogP contribution is -2.11. The Morgan fingerprint density at radius 3 is 2.83 bits per heavy atom. The fourth-order valence-corrected chi connectivity index (χ4v) is 3.21. The highest BCUT2D eigenvalue weighted by molar-refractivity contribution is 14.1. The van der Waals surface area contributed by atoms with Gasteiger partial charge in [-0.1, -0.05) is 12.1 Å². The van der Waals surface area contributed by atoms with E-state index in [1.807, 2.05) is 22.9 Å². The van der Waals surface area contributed by atoms with E-state index in [1.54, 1.807) is 17.5 Å². The maximum atomic E-state index is 6.00. The van der Waals surface area contributed by atoms with Crippen LogP contribution in [0.4, 0.5) is 5.82 Å². The molecule has 0 radical (unpaired) electrons. The van der Waals surface area contributed by atoms with Crippen LogP contribution in [0.1, 0.15) is 18.0 Å². The fraction of sp³-hybridized carbons (Fsp3) is 0.167. The van der Waals surface area contributed by atoms with Gasteiger partial charge in [0.05, 0.1) is 20.0 Å². The number of rotatable bonds is 2. The predicted octanol–water partition coefficient (Wildman–Crippen LogP) is 3.29. The summed E-state index contributed by atoms with van der Waals surface area (Å²) >= 11 is 3.88. The highest BCUT2D eigenvalue weighted by Gasteiger charge is 2.17. The molecule has 0 aliphatic heterocycles. The minimum absolute atomic E-state index is 0.0610. The van der Waals surface area contributed by atoms with Gasteiger partial charge in [-0.25, -0.2) is 9.67 Å². The number of nitrogen functional groups attached to an aromatic ring is 1. The van der Waals surface area contributed by atoms with Crippen LogP contribution in [0, 0.1) is 3.57 Å². The standard InChI is InChI=1S/C12H11IN4S/c1-7(17-11(14)8(13)6-15-17)12-16-9-4-2-3-5-10(9)18-12/h2-7H,14H2,1H3. The highest BCUT2D eigenvalue weighted by atomic mass is 127. The van der Waals surface area contributed by atoms with Crippen molar-refractivity contribution < 1.29 is 0 Å². The highest BCUT2D eigenvalue weighted by Crippen LogP contribution is 2.30. The Morgan fingerprint density at radius 2 is 2.17 bits per heavy atom. The van der Waals surface area contributed by atoms with Crippen LogP contribution in [0.15, 0.2) is 30.5 Å². The number of hydrogen-bond donors (Lipinski definition) is 1. The van der Waals surface area contributed by atoms with E-state index in [0.717, 1.165) is 14.1 Å². The summed E-state index contributed by atoms with van der Waals surface area (Å²) in [6.45, 7) is 2.07. The third-order valence-electron chi connectivity index (χ3n) is 2.82. The topological polar surface area (TPSA) is 56.7 Å². The van der Waals surface area contributed by atoms with Crippen molar-refractivity contribution in [1.29, 1.82) is 0 Å².